The molecule has 2 aliphatic heterocycles. The third-order valence-electron chi connectivity index (χ3n) is 5.65. The number of halogens is 2. The number of rotatable bonds is 5. The molecule has 1 aromatic carbocycles. The van der Waals surface area contributed by atoms with Gasteiger partial charge in [0.15, 0.2) is 5.69 Å². The first-order valence-corrected chi connectivity index (χ1v) is 10.2. The quantitative estimate of drug-likeness (QED) is 0.754. The van der Waals surface area contributed by atoms with E-state index in [4.69, 9.17) is 0 Å². The molecule has 2 fully saturated rings. The lowest BCUT2D eigenvalue weighted by atomic mass is 9.97. The summed E-state index contributed by atoms with van der Waals surface area (Å²) < 4.78 is 14.7. The van der Waals surface area contributed by atoms with Crippen LogP contribution in [0.2, 0.25) is 0 Å². The van der Waals surface area contributed by atoms with Gasteiger partial charge in [-0.15, -0.1) is 12.4 Å². The Morgan fingerprint density at radius 3 is 2.70 bits per heavy atom. The molecule has 0 spiro atoms. The number of hydrogen-bond donors (Lipinski definition) is 2. The lowest BCUT2D eigenvalue weighted by Gasteiger charge is -2.32. The van der Waals surface area contributed by atoms with Crippen LogP contribution in [-0.4, -0.2) is 58.7 Å². The zero-order chi connectivity index (χ0) is 20.2. The largest absolute Gasteiger partial charge is 0.354 e. The number of benzene rings is 1. The van der Waals surface area contributed by atoms with E-state index in [-0.39, 0.29) is 42.0 Å². The van der Waals surface area contributed by atoms with Crippen LogP contribution in [-0.2, 0) is 4.79 Å². The Morgan fingerprint density at radius 1 is 1.17 bits per heavy atom. The van der Waals surface area contributed by atoms with Gasteiger partial charge in [0.25, 0.3) is 5.91 Å². The molecular weight excluding hydrogens is 409 g/mol. The van der Waals surface area contributed by atoms with E-state index in [1.165, 1.54) is 12.1 Å². The van der Waals surface area contributed by atoms with Crippen molar-refractivity contribution in [3.05, 3.63) is 48.0 Å². The molecule has 0 radical (unpaired) electrons. The molecule has 2 aromatic rings. The number of nitrogens with one attached hydrogen (secondary N) is 2. The van der Waals surface area contributed by atoms with E-state index in [9.17, 15) is 14.0 Å². The highest BCUT2D eigenvalue weighted by atomic mass is 35.5. The Hall–Kier alpha value is -2.45. The van der Waals surface area contributed by atoms with E-state index in [2.05, 4.69) is 15.7 Å². The number of aromatic nitrogens is 2. The Morgan fingerprint density at radius 2 is 1.97 bits per heavy atom. The van der Waals surface area contributed by atoms with Crippen LogP contribution in [0.25, 0.3) is 5.69 Å². The summed E-state index contributed by atoms with van der Waals surface area (Å²) in [6, 6.07) is 7.58. The molecule has 30 heavy (non-hydrogen) atoms. The second kappa shape index (κ2) is 10.0. The summed E-state index contributed by atoms with van der Waals surface area (Å²) >= 11 is 0. The predicted octanol–water partition coefficient (Wildman–Crippen LogP) is 2.15. The molecule has 2 N–H and O–H groups in total. The molecular formula is C21H27ClFN5O2. The second-order valence-electron chi connectivity index (χ2n) is 7.78. The van der Waals surface area contributed by atoms with Crippen molar-refractivity contribution in [3.63, 3.8) is 0 Å². The highest BCUT2D eigenvalue weighted by molar-refractivity contribution is 5.92. The highest BCUT2D eigenvalue weighted by Gasteiger charge is 2.27. The van der Waals surface area contributed by atoms with Crippen LogP contribution < -0.4 is 10.6 Å². The maximum absolute atomic E-state index is 13.1. The van der Waals surface area contributed by atoms with Crippen LogP contribution in [0, 0.1) is 11.7 Å². The summed E-state index contributed by atoms with van der Waals surface area (Å²) in [5.74, 6) is -0.118. The van der Waals surface area contributed by atoms with Crippen LogP contribution in [0.5, 0.6) is 0 Å². The first kappa shape index (κ1) is 22.2. The molecule has 1 aromatic heterocycles. The van der Waals surface area contributed by atoms with Gasteiger partial charge in [0, 0.05) is 25.8 Å². The number of nitrogens with zero attached hydrogens (tertiary/aromatic N) is 3. The number of carbonyl (C=O) groups excluding carboxylic acids is 2. The average Bonchev–Trinajstić information content (AvgIpc) is 3.45. The topological polar surface area (TPSA) is 79.3 Å². The van der Waals surface area contributed by atoms with Crippen LogP contribution in [0.1, 0.15) is 36.2 Å². The molecule has 7 nitrogen and oxygen atoms in total. The summed E-state index contributed by atoms with van der Waals surface area (Å²) in [5.41, 5.74) is 1.07. The summed E-state index contributed by atoms with van der Waals surface area (Å²) in [4.78, 5) is 26.9. The molecule has 162 valence electrons. The average molecular weight is 436 g/mol. The monoisotopic (exact) mass is 435 g/mol. The molecule has 0 aliphatic carbocycles. The van der Waals surface area contributed by atoms with Crippen molar-refractivity contribution >= 4 is 24.2 Å². The smallest absolute Gasteiger partial charge is 0.274 e. The van der Waals surface area contributed by atoms with Gasteiger partial charge < -0.3 is 15.5 Å². The normalized spacial score (nSPS) is 21.2. The summed E-state index contributed by atoms with van der Waals surface area (Å²) in [5, 5.41) is 10.6. The zero-order valence-electron chi connectivity index (χ0n) is 16.7. The van der Waals surface area contributed by atoms with Gasteiger partial charge in [0.1, 0.15) is 5.82 Å². The summed E-state index contributed by atoms with van der Waals surface area (Å²) in [6.07, 6.45) is 5.53. The first-order chi connectivity index (χ1) is 14.1. The molecule has 3 heterocycles. The van der Waals surface area contributed by atoms with Crippen molar-refractivity contribution in [2.45, 2.75) is 31.7 Å². The van der Waals surface area contributed by atoms with E-state index in [0.717, 1.165) is 32.2 Å². The van der Waals surface area contributed by atoms with Crippen molar-refractivity contribution in [2.24, 2.45) is 5.92 Å². The zero-order valence-corrected chi connectivity index (χ0v) is 17.5. The number of likely N-dealkylation sites (tertiary alicyclic amines) is 1. The van der Waals surface area contributed by atoms with E-state index in [1.54, 1.807) is 29.1 Å². The maximum Gasteiger partial charge on any atom is 0.274 e. The molecule has 4 rings (SSSR count). The first-order valence-electron chi connectivity index (χ1n) is 10.2. The van der Waals surface area contributed by atoms with Crippen molar-refractivity contribution in [2.75, 3.05) is 26.2 Å². The van der Waals surface area contributed by atoms with Gasteiger partial charge in [-0.25, -0.2) is 9.07 Å². The SMILES string of the molecule is Cl.O=C(NCC1CCCN(C(=O)c2ccn(-c3ccc(F)cc3)n2)C1)C1CCCN1. The van der Waals surface area contributed by atoms with Crippen LogP contribution >= 0.6 is 12.4 Å². The minimum atomic E-state index is -0.313. The highest BCUT2D eigenvalue weighted by Crippen LogP contribution is 2.18. The third kappa shape index (κ3) is 5.17. The molecule has 2 atom stereocenters. The number of hydrogen-bond acceptors (Lipinski definition) is 4. The van der Waals surface area contributed by atoms with Gasteiger partial charge in [0.2, 0.25) is 5.91 Å². The maximum atomic E-state index is 13.1. The summed E-state index contributed by atoms with van der Waals surface area (Å²) in [6.45, 7) is 2.79. The van der Waals surface area contributed by atoms with Crippen molar-refractivity contribution < 1.29 is 14.0 Å². The molecule has 0 saturated carbocycles. The van der Waals surface area contributed by atoms with Gasteiger partial charge in [-0.2, -0.15) is 5.10 Å². The molecule has 2 saturated heterocycles. The fourth-order valence-electron chi connectivity index (χ4n) is 4.03. The van der Waals surface area contributed by atoms with Gasteiger partial charge in [-0.05, 0) is 68.5 Å². The Bertz CT molecular complexity index is 867. The Balaban J connectivity index is 0.00000256. The van der Waals surface area contributed by atoms with E-state index >= 15 is 0 Å². The van der Waals surface area contributed by atoms with Crippen molar-refractivity contribution in [1.29, 1.82) is 0 Å². The molecule has 0 bridgehead atoms. The van der Waals surface area contributed by atoms with E-state index in [1.807, 2.05) is 4.90 Å². The molecule has 2 amide bonds. The number of piperidine rings is 1. The number of amides is 2. The van der Waals surface area contributed by atoms with Gasteiger partial charge >= 0.3 is 0 Å². The van der Waals surface area contributed by atoms with Crippen LogP contribution in [0.3, 0.4) is 0 Å². The van der Waals surface area contributed by atoms with E-state index in [0.29, 0.717) is 31.0 Å². The molecule has 9 heteroatoms. The molecule has 2 aliphatic rings. The minimum absolute atomic E-state index is 0. The minimum Gasteiger partial charge on any atom is -0.354 e. The standard InChI is InChI=1S/C21H26FN5O2.ClH/c22-16-5-7-17(8-6-16)27-12-9-19(25-27)21(29)26-11-2-3-15(14-26)13-24-20(28)18-4-1-10-23-18;/h5-9,12,15,18,23H,1-4,10-11,13-14H2,(H,24,28);1H. The Kier molecular flexibility index (Phi) is 7.44. The number of carbonyl (C=O) groups is 2. The van der Waals surface area contributed by atoms with Crippen LogP contribution in [0.4, 0.5) is 4.39 Å². The van der Waals surface area contributed by atoms with Crippen LogP contribution in [0.15, 0.2) is 36.5 Å². The lowest BCUT2D eigenvalue weighted by molar-refractivity contribution is -0.123. The van der Waals surface area contributed by atoms with E-state index < -0.39 is 0 Å². The van der Waals surface area contributed by atoms with Gasteiger partial charge in [-0.3, -0.25) is 9.59 Å². The summed E-state index contributed by atoms with van der Waals surface area (Å²) in [7, 11) is 0. The van der Waals surface area contributed by atoms with Gasteiger partial charge in [0.05, 0.1) is 11.7 Å². The fraction of sp³-hybridized carbons (Fsp3) is 0.476. The van der Waals surface area contributed by atoms with Gasteiger partial charge in [-0.1, -0.05) is 0 Å². The predicted molar refractivity (Wildman–Crippen MR) is 113 cm³/mol. The van der Waals surface area contributed by atoms with Crippen molar-refractivity contribution in [1.82, 2.24) is 25.3 Å². The third-order valence-corrected chi connectivity index (χ3v) is 5.65. The molecule has 2 unspecified atom stereocenters. The lowest BCUT2D eigenvalue weighted by Crippen LogP contribution is -2.46. The Labute approximate surface area is 181 Å². The fourth-order valence-corrected chi connectivity index (χ4v) is 4.03. The second-order valence-corrected chi connectivity index (χ2v) is 7.78. The van der Waals surface area contributed by atoms with Crippen molar-refractivity contribution in [3.8, 4) is 5.69 Å².